The van der Waals surface area contributed by atoms with Gasteiger partial charge >= 0.3 is 0 Å². The average Bonchev–Trinajstić information content (AvgIpc) is 2.76. The van der Waals surface area contributed by atoms with Crippen molar-refractivity contribution in [1.29, 1.82) is 0 Å². The van der Waals surface area contributed by atoms with Crippen LogP contribution in [0.25, 0.3) is 0 Å². The van der Waals surface area contributed by atoms with Gasteiger partial charge in [0.1, 0.15) is 5.82 Å². The van der Waals surface area contributed by atoms with Crippen molar-refractivity contribution in [1.82, 2.24) is 10.3 Å². The number of nitrogens with one attached hydrogen (secondary N) is 2. The monoisotopic (exact) mass is 454 g/mol. The summed E-state index contributed by atoms with van der Waals surface area (Å²) in [5, 5.41) is 5.68. The minimum atomic E-state index is -0.761. The van der Waals surface area contributed by atoms with Crippen molar-refractivity contribution < 1.29 is 14.0 Å². The summed E-state index contributed by atoms with van der Waals surface area (Å²) < 4.78 is 13.4. The van der Waals surface area contributed by atoms with Crippen molar-refractivity contribution in [3.8, 4) is 0 Å². The second-order valence-electron chi connectivity index (χ2n) is 7.92. The molecule has 1 atom stereocenters. The van der Waals surface area contributed by atoms with Gasteiger partial charge in [-0.25, -0.2) is 4.39 Å². The van der Waals surface area contributed by atoms with Gasteiger partial charge in [-0.05, 0) is 61.4 Å². The molecule has 32 heavy (non-hydrogen) atoms. The molecule has 1 unspecified atom stereocenters. The second-order valence-corrected chi connectivity index (χ2v) is 8.33. The van der Waals surface area contributed by atoms with Crippen LogP contribution < -0.4 is 16.4 Å². The molecular formula is C24H24ClFN4O2. The smallest absolute Gasteiger partial charge is 0.255 e. The fourth-order valence-electron chi connectivity index (χ4n) is 3.19. The molecule has 0 spiro atoms. The summed E-state index contributed by atoms with van der Waals surface area (Å²) in [6.45, 7) is 3.60. The predicted molar refractivity (Wildman–Crippen MR) is 123 cm³/mol. The summed E-state index contributed by atoms with van der Waals surface area (Å²) in [6.07, 6.45) is 3.23. The number of hydrogen-bond donors (Lipinski definition) is 3. The Hall–Kier alpha value is -3.29. The van der Waals surface area contributed by atoms with Crippen molar-refractivity contribution in [3.05, 3.63) is 94.5 Å². The number of pyridine rings is 1. The lowest BCUT2D eigenvalue weighted by Crippen LogP contribution is -2.42. The number of carbonyl (C=O) groups excluding carboxylic acids is 2. The van der Waals surface area contributed by atoms with E-state index in [0.29, 0.717) is 16.8 Å². The molecule has 0 fully saturated rings. The minimum absolute atomic E-state index is 0.00502. The minimum Gasteiger partial charge on any atom is -0.347 e. The zero-order chi connectivity index (χ0) is 23.3. The Morgan fingerprint density at radius 1 is 1.09 bits per heavy atom. The van der Waals surface area contributed by atoms with Gasteiger partial charge in [-0.15, -0.1) is 0 Å². The average molecular weight is 455 g/mol. The fourth-order valence-corrected chi connectivity index (χ4v) is 3.37. The number of rotatable bonds is 7. The summed E-state index contributed by atoms with van der Waals surface area (Å²) in [7, 11) is 0. The number of nitrogens with two attached hydrogens (primary N) is 1. The Bertz CT molecular complexity index is 1100. The number of amides is 2. The van der Waals surface area contributed by atoms with Crippen LogP contribution in [-0.2, 0) is 10.3 Å². The van der Waals surface area contributed by atoms with Crippen molar-refractivity contribution in [2.24, 2.45) is 5.73 Å². The first-order valence-corrected chi connectivity index (χ1v) is 10.4. The zero-order valence-electron chi connectivity index (χ0n) is 17.7. The van der Waals surface area contributed by atoms with Crippen LogP contribution in [0.15, 0.2) is 67.0 Å². The predicted octanol–water partition coefficient (Wildman–Crippen LogP) is 4.57. The SMILES string of the molecule is CC(C)(NC(=O)CC(N)c1ccc(C(=O)Nc2ccncc2)cc1)c1ccc(F)c(Cl)c1. The quantitative estimate of drug-likeness (QED) is 0.487. The highest BCUT2D eigenvalue weighted by Gasteiger charge is 2.25. The Balaban J connectivity index is 1.60. The molecule has 8 heteroatoms. The van der Waals surface area contributed by atoms with Crippen LogP contribution in [0.3, 0.4) is 0 Å². The van der Waals surface area contributed by atoms with Gasteiger partial charge in [0, 0.05) is 36.1 Å². The highest BCUT2D eigenvalue weighted by Crippen LogP contribution is 2.26. The molecule has 2 aromatic carbocycles. The third kappa shape index (κ3) is 5.90. The maximum absolute atomic E-state index is 13.4. The van der Waals surface area contributed by atoms with E-state index in [1.54, 1.807) is 68.7 Å². The van der Waals surface area contributed by atoms with E-state index in [1.165, 1.54) is 12.1 Å². The third-order valence-electron chi connectivity index (χ3n) is 5.04. The van der Waals surface area contributed by atoms with Crippen molar-refractivity contribution in [2.45, 2.75) is 31.8 Å². The number of halogens is 2. The van der Waals surface area contributed by atoms with Gasteiger partial charge in [-0.3, -0.25) is 14.6 Å². The normalized spacial score (nSPS) is 12.2. The summed E-state index contributed by atoms with van der Waals surface area (Å²) in [5.41, 5.74) is 7.96. The Morgan fingerprint density at radius 2 is 1.75 bits per heavy atom. The van der Waals surface area contributed by atoms with Gasteiger partial charge in [0.2, 0.25) is 5.91 Å². The second kappa shape index (κ2) is 9.89. The van der Waals surface area contributed by atoms with Crippen molar-refractivity contribution >= 4 is 29.1 Å². The van der Waals surface area contributed by atoms with E-state index in [1.807, 2.05) is 0 Å². The van der Waals surface area contributed by atoms with E-state index in [0.717, 1.165) is 5.56 Å². The van der Waals surface area contributed by atoms with Crippen molar-refractivity contribution in [2.75, 3.05) is 5.32 Å². The van der Waals surface area contributed by atoms with Crippen LogP contribution in [0.5, 0.6) is 0 Å². The van der Waals surface area contributed by atoms with Gasteiger partial charge in [-0.1, -0.05) is 29.8 Å². The molecule has 0 aliphatic carbocycles. The number of carbonyl (C=O) groups is 2. The van der Waals surface area contributed by atoms with Crippen LogP contribution in [0, 0.1) is 5.82 Å². The zero-order valence-corrected chi connectivity index (χ0v) is 18.5. The summed E-state index contributed by atoms with van der Waals surface area (Å²) >= 11 is 5.86. The molecule has 0 bridgehead atoms. The number of anilines is 1. The van der Waals surface area contributed by atoms with Gasteiger partial charge in [0.25, 0.3) is 5.91 Å². The van der Waals surface area contributed by atoms with E-state index in [-0.39, 0.29) is 23.3 Å². The molecule has 1 heterocycles. The molecule has 0 aliphatic heterocycles. The molecule has 6 nitrogen and oxygen atoms in total. The summed E-state index contributed by atoms with van der Waals surface area (Å²) in [6, 6.07) is 14.0. The molecule has 0 aliphatic rings. The van der Waals surface area contributed by atoms with Gasteiger partial charge in [0.05, 0.1) is 10.6 Å². The summed E-state index contributed by atoms with van der Waals surface area (Å²) in [5.74, 6) is -1.03. The molecule has 4 N–H and O–H groups in total. The molecule has 1 aromatic heterocycles. The topological polar surface area (TPSA) is 97.1 Å². The third-order valence-corrected chi connectivity index (χ3v) is 5.33. The fraction of sp³-hybridized carbons (Fsp3) is 0.208. The molecule has 3 aromatic rings. The van der Waals surface area contributed by atoms with E-state index in [9.17, 15) is 14.0 Å². The molecule has 0 saturated carbocycles. The van der Waals surface area contributed by atoms with E-state index in [4.69, 9.17) is 17.3 Å². The molecule has 166 valence electrons. The maximum atomic E-state index is 13.4. The van der Waals surface area contributed by atoms with Gasteiger partial charge < -0.3 is 16.4 Å². The highest BCUT2D eigenvalue weighted by atomic mass is 35.5. The number of hydrogen-bond acceptors (Lipinski definition) is 4. The lowest BCUT2D eigenvalue weighted by atomic mass is 9.93. The Morgan fingerprint density at radius 3 is 2.38 bits per heavy atom. The van der Waals surface area contributed by atoms with Crippen LogP contribution in [-0.4, -0.2) is 16.8 Å². The highest BCUT2D eigenvalue weighted by molar-refractivity contribution is 6.30. The molecule has 0 radical (unpaired) electrons. The van der Waals surface area contributed by atoms with Gasteiger partial charge in [-0.2, -0.15) is 0 Å². The van der Waals surface area contributed by atoms with Crippen molar-refractivity contribution in [3.63, 3.8) is 0 Å². The van der Waals surface area contributed by atoms with E-state index >= 15 is 0 Å². The largest absolute Gasteiger partial charge is 0.347 e. The number of aromatic nitrogens is 1. The van der Waals surface area contributed by atoms with Crippen LogP contribution in [0.4, 0.5) is 10.1 Å². The van der Waals surface area contributed by atoms with Crippen LogP contribution in [0.2, 0.25) is 5.02 Å². The molecular weight excluding hydrogens is 431 g/mol. The lowest BCUT2D eigenvalue weighted by Gasteiger charge is -2.28. The van der Waals surface area contributed by atoms with E-state index < -0.39 is 17.4 Å². The Labute approximate surface area is 191 Å². The standard InChI is InChI=1S/C24H24ClFN4O2/c1-24(2,17-7-8-20(26)19(25)13-17)30-22(31)14-21(27)15-3-5-16(6-4-15)23(32)29-18-9-11-28-12-10-18/h3-13,21H,14,27H2,1-2H3,(H,30,31)(H,28,29,32). The van der Waals surface area contributed by atoms with Gasteiger partial charge in [0.15, 0.2) is 0 Å². The lowest BCUT2D eigenvalue weighted by molar-refractivity contribution is -0.123. The molecule has 2 amide bonds. The maximum Gasteiger partial charge on any atom is 0.255 e. The molecule has 0 saturated heterocycles. The number of nitrogens with zero attached hydrogens (tertiary/aromatic N) is 1. The van der Waals surface area contributed by atoms with Crippen LogP contribution in [0.1, 0.15) is 47.8 Å². The van der Waals surface area contributed by atoms with Crippen LogP contribution >= 0.6 is 11.6 Å². The first kappa shape index (κ1) is 23.4. The van der Waals surface area contributed by atoms with E-state index in [2.05, 4.69) is 15.6 Å². The first-order chi connectivity index (χ1) is 15.2. The summed E-state index contributed by atoms with van der Waals surface area (Å²) in [4.78, 5) is 28.8. The Kier molecular flexibility index (Phi) is 7.22. The molecule has 3 rings (SSSR count). The first-order valence-electron chi connectivity index (χ1n) is 9.99. The number of benzene rings is 2.